The fourth-order valence-corrected chi connectivity index (χ4v) is 3.01. The Morgan fingerprint density at radius 3 is 2.48 bits per heavy atom. The molecular weight excluding hydrogens is 348 g/mol. The molecule has 0 saturated carbocycles. The van der Waals surface area contributed by atoms with Gasteiger partial charge in [0.1, 0.15) is 18.3 Å². The van der Waals surface area contributed by atoms with E-state index in [1.165, 1.54) is 0 Å². The van der Waals surface area contributed by atoms with Gasteiger partial charge in [0, 0.05) is 25.7 Å². The van der Waals surface area contributed by atoms with Crippen LogP contribution in [0.4, 0.5) is 4.79 Å². The highest BCUT2D eigenvalue weighted by Crippen LogP contribution is 2.25. The van der Waals surface area contributed by atoms with Crippen molar-refractivity contribution in [2.24, 2.45) is 0 Å². The van der Waals surface area contributed by atoms with Crippen LogP contribution in [-0.4, -0.2) is 67.2 Å². The molecule has 0 radical (unpaired) electrons. The summed E-state index contributed by atoms with van der Waals surface area (Å²) in [6, 6.07) is 7.49. The van der Waals surface area contributed by atoms with Crippen LogP contribution in [0.1, 0.15) is 33.6 Å². The van der Waals surface area contributed by atoms with Crippen molar-refractivity contribution in [2.45, 2.75) is 51.4 Å². The second-order valence-electron chi connectivity index (χ2n) is 7.84. The Balaban J connectivity index is 1.68. The van der Waals surface area contributed by atoms with Crippen LogP contribution in [0.3, 0.4) is 0 Å². The molecule has 1 atom stereocenters. The smallest absolute Gasteiger partial charge is 0.407 e. The Morgan fingerprint density at radius 1 is 1.26 bits per heavy atom. The summed E-state index contributed by atoms with van der Waals surface area (Å²) in [4.78, 5) is 14.0. The molecule has 1 amide bonds. The van der Waals surface area contributed by atoms with Crippen LogP contribution >= 0.6 is 0 Å². The van der Waals surface area contributed by atoms with E-state index in [-0.39, 0.29) is 18.7 Å². The normalized spacial score (nSPS) is 17.2. The summed E-state index contributed by atoms with van der Waals surface area (Å²) >= 11 is 0. The van der Waals surface area contributed by atoms with Crippen molar-refractivity contribution >= 4 is 6.09 Å². The molecule has 1 aliphatic rings. The van der Waals surface area contributed by atoms with Gasteiger partial charge in [0.05, 0.1) is 7.11 Å². The third-order valence-electron chi connectivity index (χ3n) is 4.28. The largest absolute Gasteiger partial charge is 0.493 e. The number of ether oxygens (including phenoxy) is 3. The highest BCUT2D eigenvalue weighted by Gasteiger charge is 2.24. The topological polar surface area (TPSA) is 80.3 Å². The van der Waals surface area contributed by atoms with Gasteiger partial charge in [-0.25, -0.2) is 4.79 Å². The van der Waals surface area contributed by atoms with Gasteiger partial charge in [-0.3, -0.25) is 0 Å². The zero-order chi connectivity index (χ0) is 19.9. The molecule has 1 aliphatic heterocycles. The fourth-order valence-electron chi connectivity index (χ4n) is 3.01. The average Bonchev–Trinajstić information content (AvgIpc) is 2.60. The Morgan fingerprint density at radius 2 is 1.89 bits per heavy atom. The van der Waals surface area contributed by atoms with Crippen molar-refractivity contribution < 1.29 is 24.1 Å². The molecule has 0 aliphatic carbocycles. The number of nitrogens with one attached hydrogen (secondary N) is 1. The zero-order valence-electron chi connectivity index (χ0n) is 16.7. The Bertz CT molecular complexity index is 594. The summed E-state index contributed by atoms with van der Waals surface area (Å²) in [6.45, 7) is 7.92. The van der Waals surface area contributed by atoms with Gasteiger partial charge in [0.25, 0.3) is 0 Å². The molecule has 1 saturated heterocycles. The number of benzene rings is 1. The van der Waals surface area contributed by atoms with E-state index in [1.54, 1.807) is 7.11 Å². The first-order valence-electron chi connectivity index (χ1n) is 9.42. The molecule has 0 spiro atoms. The molecular formula is C20H32N2O5. The Hall–Kier alpha value is -1.99. The van der Waals surface area contributed by atoms with E-state index < -0.39 is 11.7 Å². The fraction of sp³-hybridized carbons (Fsp3) is 0.650. The van der Waals surface area contributed by atoms with Crippen molar-refractivity contribution in [1.82, 2.24) is 10.2 Å². The molecule has 2 N–H and O–H groups in total. The third-order valence-corrected chi connectivity index (χ3v) is 4.28. The van der Waals surface area contributed by atoms with Crippen molar-refractivity contribution in [2.75, 3.05) is 33.4 Å². The van der Waals surface area contributed by atoms with Gasteiger partial charge in [-0.15, -0.1) is 0 Å². The Labute approximate surface area is 161 Å². The first-order valence-corrected chi connectivity index (χ1v) is 9.42. The maximum Gasteiger partial charge on any atom is 0.407 e. The second-order valence-corrected chi connectivity index (χ2v) is 7.84. The number of rotatable bonds is 7. The lowest BCUT2D eigenvalue weighted by Crippen LogP contribution is -2.48. The van der Waals surface area contributed by atoms with E-state index in [1.807, 2.05) is 45.0 Å². The van der Waals surface area contributed by atoms with Crippen LogP contribution in [0.15, 0.2) is 24.3 Å². The summed E-state index contributed by atoms with van der Waals surface area (Å²) in [5.41, 5.74) is -0.490. The average molecular weight is 380 g/mol. The number of alkyl carbamates (subject to hydrolysis) is 1. The number of β-amino-alcohol motifs (C(OH)–C–C–N with tert-alkyl or cyclic N) is 1. The quantitative estimate of drug-likeness (QED) is 0.756. The first kappa shape index (κ1) is 21.3. The van der Waals surface area contributed by atoms with Crippen molar-refractivity contribution in [1.29, 1.82) is 0 Å². The molecule has 2 rings (SSSR count). The number of piperidine rings is 1. The number of carbonyl (C=O) groups excluding carboxylic acids is 1. The van der Waals surface area contributed by atoms with E-state index in [0.717, 1.165) is 25.9 Å². The van der Waals surface area contributed by atoms with E-state index in [0.29, 0.717) is 18.0 Å². The minimum Gasteiger partial charge on any atom is -0.493 e. The molecule has 7 heteroatoms. The number of nitrogens with zero attached hydrogens (tertiary/aromatic N) is 1. The van der Waals surface area contributed by atoms with Gasteiger partial charge >= 0.3 is 6.09 Å². The van der Waals surface area contributed by atoms with Gasteiger partial charge in [-0.2, -0.15) is 0 Å². The zero-order valence-corrected chi connectivity index (χ0v) is 16.7. The summed E-state index contributed by atoms with van der Waals surface area (Å²) in [5.74, 6) is 1.28. The van der Waals surface area contributed by atoms with E-state index >= 15 is 0 Å². The third kappa shape index (κ3) is 7.64. The number of carbonyl (C=O) groups is 1. The molecule has 1 aromatic carbocycles. The molecule has 0 bridgehead atoms. The van der Waals surface area contributed by atoms with Gasteiger partial charge in [-0.05, 0) is 45.7 Å². The summed E-state index contributed by atoms with van der Waals surface area (Å²) in [5, 5.41) is 13.2. The predicted molar refractivity (Wildman–Crippen MR) is 103 cm³/mol. The molecule has 1 unspecified atom stereocenters. The van der Waals surface area contributed by atoms with Crippen molar-refractivity contribution in [3.05, 3.63) is 24.3 Å². The van der Waals surface area contributed by atoms with E-state index in [9.17, 15) is 9.90 Å². The Kier molecular flexibility index (Phi) is 7.74. The van der Waals surface area contributed by atoms with Gasteiger partial charge in [-0.1, -0.05) is 12.1 Å². The van der Waals surface area contributed by atoms with Gasteiger partial charge in [0.15, 0.2) is 11.5 Å². The van der Waals surface area contributed by atoms with Crippen LogP contribution in [0.25, 0.3) is 0 Å². The number of likely N-dealkylation sites (tertiary alicyclic amines) is 1. The van der Waals surface area contributed by atoms with Crippen LogP contribution < -0.4 is 14.8 Å². The standard InChI is InChI=1S/C20H32N2O5/c1-20(2,3)27-19(24)21-15-9-11-22(12-10-15)13-16(23)14-26-18-8-6-5-7-17(18)25-4/h5-8,15-16,23H,9-14H2,1-4H3,(H,21,24). The lowest BCUT2D eigenvalue weighted by molar-refractivity contribution is 0.0419. The second kappa shape index (κ2) is 9.80. The predicted octanol–water partition coefficient (Wildman–Crippen LogP) is 2.42. The maximum absolute atomic E-state index is 11.8. The highest BCUT2D eigenvalue weighted by molar-refractivity contribution is 5.68. The number of aliphatic hydroxyl groups excluding tert-OH is 1. The number of amides is 1. The first-order chi connectivity index (χ1) is 12.8. The lowest BCUT2D eigenvalue weighted by Gasteiger charge is -2.33. The van der Waals surface area contributed by atoms with Crippen molar-refractivity contribution in [3.8, 4) is 11.5 Å². The number of para-hydroxylation sites is 2. The van der Waals surface area contributed by atoms with E-state index in [2.05, 4.69) is 10.2 Å². The molecule has 1 fully saturated rings. The maximum atomic E-state index is 11.8. The minimum atomic E-state index is -0.592. The number of hydrogen-bond donors (Lipinski definition) is 2. The highest BCUT2D eigenvalue weighted by atomic mass is 16.6. The van der Waals surface area contributed by atoms with Crippen LogP contribution in [0, 0.1) is 0 Å². The molecule has 0 aromatic heterocycles. The van der Waals surface area contributed by atoms with Crippen LogP contribution in [0.2, 0.25) is 0 Å². The number of aliphatic hydroxyl groups is 1. The van der Waals surface area contributed by atoms with Crippen molar-refractivity contribution in [3.63, 3.8) is 0 Å². The molecule has 7 nitrogen and oxygen atoms in total. The van der Waals surface area contributed by atoms with Crippen LogP contribution in [-0.2, 0) is 4.74 Å². The summed E-state index contributed by atoms with van der Waals surface area (Å²) < 4.78 is 16.2. The molecule has 27 heavy (non-hydrogen) atoms. The minimum absolute atomic E-state index is 0.109. The van der Waals surface area contributed by atoms with Crippen LogP contribution in [0.5, 0.6) is 11.5 Å². The number of hydrogen-bond acceptors (Lipinski definition) is 6. The monoisotopic (exact) mass is 380 g/mol. The molecule has 1 aromatic rings. The molecule has 1 heterocycles. The van der Waals surface area contributed by atoms with Gasteiger partial charge in [0.2, 0.25) is 0 Å². The van der Waals surface area contributed by atoms with Gasteiger partial charge < -0.3 is 29.5 Å². The van der Waals surface area contributed by atoms with E-state index in [4.69, 9.17) is 14.2 Å². The molecule has 152 valence electrons. The summed E-state index contributed by atoms with van der Waals surface area (Å²) in [6.07, 6.45) is 0.704. The SMILES string of the molecule is COc1ccccc1OCC(O)CN1CCC(NC(=O)OC(C)(C)C)CC1. The number of methoxy groups -OCH3 is 1. The summed E-state index contributed by atoms with van der Waals surface area (Å²) in [7, 11) is 1.59. The lowest BCUT2D eigenvalue weighted by atomic mass is 10.0.